The van der Waals surface area contributed by atoms with Crippen molar-refractivity contribution >= 4 is 11.5 Å². The van der Waals surface area contributed by atoms with Crippen molar-refractivity contribution < 1.29 is 13.9 Å². The van der Waals surface area contributed by atoms with E-state index in [0.717, 1.165) is 28.1 Å². The first-order valence-corrected chi connectivity index (χ1v) is 9.80. The molecule has 7 nitrogen and oxygen atoms in total. The van der Waals surface area contributed by atoms with Crippen molar-refractivity contribution in [3.05, 3.63) is 65.5 Å². The summed E-state index contributed by atoms with van der Waals surface area (Å²) < 4.78 is 28.6. The third kappa shape index (κ3) is 2.46. The summed E-state index contributed by atoms with van der Waals surface area (Å²) in [5, 5.41) is 11.8. The number of hydrogen-bond donors (Lipinski definition) is 1. The highest BCUT2D eigenvalue weighted by molar-refractivity contribution is 5.82. The molecule has 1 aromatic carbocycles. The molecule has 2 aliphatic rings. The fourth-order valence-electron chi connectivity index (χ4n) is 4.35. The summed E-state index contributed by atoms with van der Waals surface area (Å²) in [7, 11) is 0. The monoisotopic (exact) mass is 403 g/mol. The molecule has 5 heterocycles. The van der Waals surface area contributed by atoms with Crippen LogP contribution in [0.5, 0.6) is 11.5 Å². The van der Waals surface area contributed by atoms with Crippen LogP contribution in [-0.2, 0) is 6.54 Å². The van der Waals surface area contributed by atoms with E-state index in [4.69, 9.17) is 9.47 Å². The summed E-state index contributed by atoms with van der Waals surface area (Å²) in [5.74, 6) is 1.80. The number of aromatic nitrogens is 4. The van der Waals surface area contributed by atoms with Crippen molar-refractivity contribution in [3.8, 4) is 22.6 Å². The molecule has 0 aliphatic carbocycles. The van der Waals surface area contributed by atoms with E-state index in [1.54, 1.807) is 18.6 Å². The molecule has 4 aromatic rings. The van der Waals surface area contributed by atoms with E-state index in [2.05, 4.69) is 20.5 Å². The van der Waals surface area contributed by atoms with Crippen LogP contribution in [0.1, 0.15) is 22.7 Å². The van der Waals surface area contributed by atoms with Crippen molar-refractivity contribution in [1.82, 2.24) is 19.6 Å². The molecule has 0 fully saturated rings. The number of rotatable bonds is 1. The molecule has 1 N–H and O–H groups in total. The first-order valence-electron chi connectivity index (χ1n) is 9.80. The number of benzene rings is 1. The standard InChI is InChI=1S/C22H18FN5O2/c1-12-14(3-2-6-24-12)15-7-19-22(28-11-26-27-21(15)28)25-8-16-17(23)4-5-18-20(16)13(9-29-18)10-30-19/h2-7,11,13,25H,8-10H2,1H3. The second kappa shape index (κ2) is 6.41. The highest BCUT2D eigenvalue weighted by Crippen LogP contribution is 2.42. The molecule has 6 rings (SSSR count). The first-order chi connectivity index (χ1) is 14.7. The van der Waals surface area contributed by atoms with Crippen LogP contribution in [0.4, 0.5) is 10.2 Å². The number of anilines is 1. The molecule has 3 aromatic heterocycles. The second-order valence-electron chi connectivity index (χ2n) is 7.54. The number of ether oxygens (including phenoxy) is 2. The fraction of sp³-hybridized carbons (Fsp3) is 0.227. The minimum absolute atomic E-state index is 0.0290. The van der Waals surface area contributed by atoms with Crippen LogP contribution in [0.3, 0.4) is 0 Å². The molecule has 30 heavy (non-hydrogen) atoms. The van der Waals surface area contributed by atoms with E-state index in [1.165, 1.54) is 6.07 Å². The summed E-state index contributed by atoms with van der Waals surface area (Å²) in [6, 6.07) is 9.01. The first kappa shape index (κ1) is 17.2. The highest BCUT2D eigenvalue weighted by Gasteiger charge is 2.31. The lowest BCUT2D eigenvalue weighted by Crippen LogP contribution is -2.13. The molecule has 8 heteroatoms. The van der Waals surface area contributed by atoms with Crippen molar-refractivity contribution in [2.75, 3.05) is 18.5 Å². The minimum Gasteiger partial charge on any atom is -0.493 e. The smallest absolute Gasteiger partial charge is 0.170 e. The van der Waals surface area contributed by atoms with Crippen LogP contribution in [0.2, 0.25) is 0 Å². The molecular weight excluding hydrogens is 385 g/mol. The number of aryl methyl sites for hydroxylation is 1. The Bertz CT molecular complexity index is 1300. The van der Waals surface area contributed by atoms with Gasteiger partial charge in [0, 0.05) is 40.7 Å². The molecule has 0 saturated heterocycles. The van der Waals surface area contributed by atoms with E-state index in [-0.39, 0.29) is 11.7 Å². The molecule has 1 unspecified atom stereocenters. The third-order valence-corrected chi connectivity index (χ3v) is 5.82. The molecule has 0 saturated carbocycles. The van der Waals surface area contributed by atoms with Gasteiger partial charge in [0.25, 0.3) is 0 Å². The van der Waals surface area contributed by atoms with Gasteiger partial charge in [-0.3, -0.25) is 9.38 Å². The Hall–Kier alpha value is -3.68. The van der Waals surface area contributed by atoms with Gasteiger partial charge in [-0.1, -0.05) is 6.07 Å². The van der Waals surface area contributed by atoms with Crippen molar-refractivity contribution in [2.24, 2.45) is 0 Å². The van der Waals surface area contributed by atoms with E-state index in [9.17, 15) is 4.39 Å². The molecule has 0 spiro atoms. The average molecular weight is 403 g/mol. The largest absolute Gasteiger partial charge is 0.493 e. The predicted molar refractivity (Wildman–Crippen MR) is 108 cm³/mol. The Balaban J connectivity index is 1.54. The zero-order valence-electron chi connectivity index (χ0n) is 16.2. The molecule has 1 atom stereocenters. The SMILES string of the molecule is Cc1ncccc1-c1cc2c(n3cnnc13)NCc1c(F)ccc3c1C(CO3)CO2. The van der Waals surface area contributed by atoms with Gasteiger partial charge in [-0.15, -0.1) is 10.2 Å². The topological polar surface area (TPSA) is 73.6 Å². The number of halogens is 1. The van der Waals surface area contributed by atoms with Gasteiger partial charge in [0.1, 0.15) is 17.9 Å². The summed E-state index contributed by atoms with van der Waals surface area (Å²) in [6.07, 6.45) is 3.40. The average Bonchev–Trinajstić information content (AvgIpc) is 3.40. The summed E-state index contributed by atoms with van der Waals surface area (Å²) in [5.41, 5.74) is 4.91. The van der Waals surface area contributed by atoms with Crippen LogP contribution in [0.25, 0.3) is 16.8 Å². The van der Waals surface area contributed by atoms with Crippen molar-refractivity contribution in [3.63, 3.8) is 0 Å². The summed E-state index contributed by atoms with van der Waals surface area (Å²) in [4.78, 5) is 4.40. The molecule has 150 valence electrons. The number of nitrogens with zero attached hydrogens (tertiary/aromatic N) is 4. The van der Waals surface area contributed by atoms with Crippen LogP contribution in [0, 0.1) is 12.7 Å². The molecule has 2 aliphatic heterocycles. The summed E-state index contributed by atoms with van der Waals surface area (Å²) in [6.45, 7) is 3.13. The van der Waals surface area contributed by atoms with Gasteiger partial charge in [0.05, 0.1) is 19.1 Å². The zero-order valence-corrected chi connectivity index (χ0v) is 16.2. The number of fused-ring (bicyclic) bond motifs is 3. The maximum atomic E-state index is 14.7. The normalized spacial score (nSPS) is 17.1. The van der Waals surface area contributed by atoms with Crippen molar-refractivity contribution in [2.45, 2.75) is 19.4 Å². The van der Waals surface area contributed by atoms with Gasteiger partial charge < -0.3 is 14.8 Å². The molecule has 0 amide bonds. The number of pyridine rings is 2. The predicted octanol–water partition coefficient (Wildman–Crippen LogP) is 3.72. The quantitative estimate of drug-likeness (QED) is 0.522. The van der Waals surface area contributed by atoms with Crippen molar-refractivity contribution in [1.29, 1.82) is 0 Å². The van der Waals surface area contributed by atoms with Crippen LogP contribution in [-0.4, -0.2) is 32.8 Å². The number of nitrogens with one attached hydrogen (secondary N) is 1. The molecular formula is C22H18FN5O2. The van der Waals surface area contributed by atoms with E-state index < -0.39 is 0 Å². The lowest BCUT2D eigenvalue weighted by Gasteiger charge is -2.17. The van der Waals surface area contributed by atoms with Gasteiger partial charge in [-0.05, 0) is 31.2 Å². The van der Waals surface area contributed by atoms with Crippen LogP contribution in [0.15, 0.2) is 42.9 Å². The molecule has 0 bridgehead atoms. The zero-order chi connectivity index (χ0) is 20.2. The van der Waals surface area contributed by atoms with E-state index >= 15 is 0 Å². The van der Waals surface area contributed by atoms with Gasteiger partial charge in [0.15, 0.2) is 17.2 Å². The minimum atomic E-state index is -0.247. The van der Waals surface area contributed by atoms with Gasteiger partial charge in [0.2, 0.25) is 0 Å². The fourth-order valence-corrected chi connectivity index (χ4v) is 4.35. The lowest BCUT2D eigenvalue weighted by molar-refractivity contribution is 0.249. The Morgan fingerprint density at radius 1 is 1.13 bits per heavy atom. The Kier molecular flexibility index (Phi) is 3.68. The molecule has 0 radical (unpaired) electrons. The summed E-state index contributed by atoms with van der Waals surface area (Å²) >= 11 is 0. The highest BCUT2D eigenvalue weighted by atomic mass is 19.1. The lowest BCUT2D eigenvalue weighted by atomic mass is 9.96. The maximum Gasteiger partial charge on any atom is 0.170 e. The van der Waals surface area contributed by atoms with Gasteiger partial charge in [-0.2, -0.15) is 0 Å². The number of hydrogen-bond acceptors (Lipinski definition) is 6. The second-order valence-corrected chi connectivity index (χ2v) is 7.54. The third-order valence-electron chi connectivity index (χ3n) is 5.82. The van der Waals surface area contributed by atoms with E-state index in [1.807, 2.05) is 29.5 Å². The van der Waals surface area contributed by atoms with Gasteiger partial charge in [-0.25, -0.2) is 4.39 Å². The Morgan fingerprint density at radius 3 is 2.87 bits per heavy atom. The van der Waals surface area contributed by atoms with Gasteiger partial charge >= 0.3 is 0 Å². The van der Waals surface area contributed by atoms with Crippen LogP contribution < -0.4 is 14.8 Å². The van der Waals surface area contributed by atoms with E-state index in [0.29, 0.717) is 42.5 Å². The Labute approximate surface area is 171 Å². The maximum absolute atomic E-state index is 14.7. The Morgan fingerprint density at radius 2 is 2.00 bits per heavy atom. The van der Waals surface area contributed by atoms with Crippen LogP contribution >= 0.6 is 0 Å².